The molecule has 1 aliphatic carbocycles. The van der Waals surface area contributed by atoms with Crippen LogP contribution in [0.1, 0.15) is 116 Å². The molecule has 0 amide bonds. The summed E-state index contributed by atoms with van der Waals surface area (Å²) in [6, 6.07) is 0. The van der Waals surface area contributed by atoms with Crippen molar-refractivity contribution in [1.82, 2.24) is 0 Å². The van der Waals surface area contributed by atoms with Crippen molar-refractivity contribution in [2.75, 3.05) is 6.61 Å². The normalized spacial score (nSPS) is 19.9. The summed E-state index contributed by atoms with van der Waals surface area (Å²) in [5, 5.41) is 0. The molecule has 1 aliphatic rings. The van der Waals surface area contributed by atoms with Gasteiger partial charge in [-0.15, -0.1) is 0 Å². The van der Waals surface area contributed by atoms with Gasteiger partial charge in [0.1, 0.15) is 0 Å². The van der Waals surface area contributed by atoms with Gasteiger partial charge in [0, 0.05) is 6.61 Å². The molecule has 0 unspecified atom stereocenters. The van der Waals surface area contributed by atoms with E-state index in [2.05, 4.69) is 6.92 Å². The van der Waals surface area contributed by atoms with Gasteiger partial charge in [0.05, 0.1) is 6.10 Å². The lowest BCUT2D eigenvalue weighted by molar-refractivity contribution is 0.0355. The molecule has 1 nitrogen and oxygen atoms in total. The fraction of sp³-hybridized carbons (Fsp3) is 1.00. The maximum absolute atomic E-state index is 6.19. The lowest BCUT2D eigenvalue weighted by atomic mass is 9.99. The molecule has 0 spiro atoms. The van der Waals surface area contributed by atoms with E-state index < -0.39 is 0 Å². The number of rotatable bonds is 8. The van der Waals surface area contributed by atoms with Gasteiger partial charge in [-0.2, -0.15) is 0 Å². The van der Waals surface area contributed by atoms with Gasteiger partial charge in [0.2, 0.25) is 0 Å². The van der Waals surface area contributed by atoms with Gasteiger partial charge >= 0.3 is 0 Å². The molecule has 0 atom stereocenters. The van der Waals surface area contributed by atoms with E-state index in [-0.39, 0.29) is 0 Å². The molecule has 1 fully saturated rings. The molecule has 126 valence electrons. The van der Waals surface area contributed by atoms with Crippen LogP contribution < -0.4 is 0 Å². The molecule has 1 saturated carbocycles. The standard InChI is InChI=1S/C20H40O/c1-2-3-4-5-13-16-19-21-20-17-14-11-9-7-6-8-10-12-15-18-20/h20H,2-19H2,1H3. The van der Waals surface area contributed by atoms with Crippen LogP contribution in [0.25, 0.3) is 0 Å². The number of hydrogen-bond acceptors (Lipinski definition) is 1. The molecule has 0 aromatic rings. The third-order valence-corrected chi connectivity index (χ3v) is 4.90. The van der Waals surface area contributed by atoms with Crippen LogP contribution in [0.2, 0.25) is 0 Å². The van der Waals surface area contributed by atoms with Gasteiger partial charge < -0.3 is 4.74 Å². The summed E-state index contributed by atoms with van der Waals surface area (Å²) in [7, 11) is 0. The predicted molar refractivity (Wildman–Crippen MR) is 93.9 cm³/mol. The molecule has 0 saturated heterocycles. The Hall–Kier alpha value is -0.0400. The third-order valence-electron chi connectivity index (χ3n) is 4.90. The first-order valence-corrected chi connectivity index (χ1v) is 10.0. The van der Waals surface area contributed by atoms with Crippen molar-refractivity contribution in [3.63, 3.8) is 0 Å². The van der Waals surface area contributed by atoms with E-state index in [1.54, 1.807) is 0 Å². The van der Waals surface area contributed by atoms with Crippen molar-refractivity contribution in [2.45, 2.75) is 122 Å². The van der Waals surface area contributed by atoms with E-state index in [9.17, 15) is 0 Å². The van der Waals surface area contributed by atoms with Gasteiger partial charge in [0.25, 0.3) is 0 Å². The van der Waals surface area contributed by atoms with Gasteiger partial charge in [-0.1, -0.05) is 96.8 Å². The lowest BCUT2D eigenvalue weighted by Gasteiger charge is -2.18. The van der Waals surface area contributed by atoms with Crippen molar-refractivity contribution in [2.24, 2.45) is 0 Å². The summed E-state index contributed by atoms with van der Waals surface area (Å²) < 4.78 is 6.19. The molecule has 0 aromatic carbocycles. The smallest absolute Gasteiger partial charge is 0.0575 e. The summed E-state index contributed by atoms with van der Waals surface area (Å²) in [5.74, 6) is 0. The van der Waals surface area contributed by atoms with E-state index in [4.69, 9.17) is 4.74 Å². The van der Waals surface area contributed by atoms with Crippen LogP contribution in [-0.4, -0.2) is 12.7 Å². The van der Waals surface area contributed by atoms with Gasteiger partial charge in [-0.05, 0) is 19.3 Å². The Balaban J connectivity index is 2.05. The Morgan fingerprint density at radius 1 is 0.619 bits per heavy atom. The maximum atomic E-state index is 6.19. The summed E-state index contributed by atoms with van der Waals surface area (Å²) in [5.41, 5.74) is 0. The van der Waals surface area contributed by atoms with Gasteiger partial charge in [0.15, 0.2) is 0 Å². The first-order chi connectivity index (χ1) is 10.4. The van der Waals surface area contributed by atoms with Crippen LogP contribution in [0.4, 0.5) is 0 Å². The van der Waals surface area contributed by atoms with E-state index in [1.165, 1.54) is 109 Å². The summed E-state index contributed by atoms with van der Waals surface area (Å²) in [6.45, 7) is 3.30. The Kier molecular flexibility index (Phi) is 13.5. The summed E-state index contributed by atoms with van der Waals surface area (Å²) in [4.78, 5) is 0. The molecule has 0 bridgehead atoms. The number of hydrogen-bond donors (Lipinski definition) is 0. The Morgan fingerprint density at radius 2 is 1.10 bits per heavy atom. The van der Waals surface area contributed by atoms with Crippen LogP contribution in [-0.2, 0) is 4.74 Å². The highest BCUT2D eigenvalue weighted by Crippen LogP contribution is 2.19. The van der Waals surface area contributed by atoms with Crippen molar-refractivity contribution < 1.29 is 4.74 Å². The number of ether oxygens (including phenoxy) is 1. The average molecular weight is 297 g/mol. The second-order valence-corrected chi connectivity index (χ2v) is 7.02. The number of unbranched alkanes of at least 4 members (excludes halogenated alkanes) is 5. The Bertz CT molecular complexity index is 190. The lowest BCUT2D eigenvalue weighted by Crippen LogP contribution is -2.14. The monoisotopic (exact) mass is 296 g/mol. The average Bonchev–Trinajstić information content (AvgIpc) is 2.48. The molecule has 0 radical (unpaired) electrons. The molecule has 0 heterocycles. The first kappa shape index (κ1) is 19.0. The second kappa shape index (κ2) is 14.9. The molecule has 0 N–H and O–H groups in total. The van der Waals surface area contributed by atoms with Crippen LogP contribution in [0.5, 0.6) is 0 Å². The molecule has 1 heteroatoms. The maximum Gasteiger partial charge on any atom is 0.0575 e. The summed E-state index contributed by atoms with van der Waals surface area (Å²) >= 11 is 0. The van der Waals surface area contributed by atoms with E-state index in [0.717, 1.165) is 6.61 Å². The quantitative estimate of drug-likeness (QED) is 0.436. The fourth-order valence-corrected chi connectivity index (χ4v) is 3.42. The molecule has 21 heavy (non-hydrogen) atoms. The van der Waals surface area contributed by atoms with E-state index in [1.807, 2.05) is 0 Å². The Labute approximate surface area is 134 Å². The van der Waals surface area contributed by atoms with Crippen LogP contribution in [0, 0.1) is 0 Å². The second-order valence-electron chi connectivity index (χ2n) is 7.02. The van der Waals surface area contributed by atoms with Crippen LogP contribution in [0.15, 0.2) is 0 Å². The van der Waals surface area contributed by atoms with Crippen LogP contribution in [0.3, 0.4) is 0 Å². The molecular weight excluding hydrogens is 256 g/mol. The predicted octanol–water partition coefficient (Wildman–Crippen LogP) is 7.04. The van der Waals surface area contributed by atoms with Crippen molar-refractivity contribution in [1.29, 1.82) is 0 Å². The minimum atomic E-state index is 0.570. The zero-order valence-electron chi connectivity index (χ0n) is 14.7. The third kappa shape index (κ3) is 12.2. The zero-order valence-corrected chi connectivity index (χ0v) is 14.7. The van der Waals surface area contributed by atoms with E-state index >= 15 is 0 Å². The van der Waals surface area contributed by atoms with Crippen molar-refractivity contribution in [3.05, 3.63) is 0 Å². The fourth-order valence-electron chi connectivity index (χ4n) is 3.42. The van der Waals surface area contributed by atoms with Gasteiger partial charge in [-0.3, -0.25) is 0 Å². The molecule has 1 rings (SSSR count). The first-order valence-electron chi connectivity index (χ1n) is 10.0. The van der Waals surface area contributed by atoms with Crippen molar-refractivity contribution >= 4 is 0 Å². The SMILES string of the molecule is CCCCCCCCOC1CCCCCCCCCCC1. The van der Waals surface area contributed by atoms with Crippen molar-refractivity contribution in [3.8, 4) is 0 Å². The largest absolute Gasteiger partial charge is 0.378 e. The van der Waals surface area contributed by atoms with Gasteiger partial charge in [-0.25, -0.2) is 0 Å². The minimum absolute atomic E-state index is 0.570. The molecule has 0 aromatic heterocycles. The molecule has 0 aliphatic heterocycles. The highest BCUT2D eigenvalue weighted by atomic mass is 16.5. The highest BCUT2D eigenvalue weighted by Gasteiger charge is 2.09. The minimum Gasteiger partial charge on any atom is -0.378 e. The van der Waals surface area contributed by atoms with E-state index in [0.29, 0.717) is 6.10 Å². The Morgan fingerprint density at radius 3 is 1.67 bits per heavy atom. The summed E-state index contributed by atoms with van der Waals surface area (Å²) in [6.07, 6.45) is 24.3. The molecular formula is C20H40O. The highest BCUT2D eigenvalue weighted by molar-refractivity contribution is 4.61. The zero-order chi connectivity index (χ0) is 15.0. The van der Waals surface area contributed by atoms with Crippen LogP contribution >= 0.6 is 0 Å². The topological polar surface area (TPSA) is 9.23 Å².